The summed E-state index contributed by atoms with van der Waals surface area (Å²) in [5.41, 5.74) is 0. The molecule has 2 unspecified atom stereocenters. The highest BCUT2D eigenvalue weighted by molar-refractivity contribution is 7.89. The highest BCUT2D eigenvalue weighted by Crippen LogP contribution is 2.17. The maximum Gasteiger partial charge on any atom is 0.247 e. The molecule has 0 saturated carbocycles. The van der Waals surface area contributed by atoms with E-state index in [2.05, 4.69) is 5.32 Å². The minimum Gasteiger partial charge on any atom is -0.304 e. The Labute approximate surface area is 107 Å². The van der Waals surface area contributed by atoms with Gasteiger partial charge in [0.2, 0.25) is 21.8 Å². The summed E-state index contributed by atoms with van der Waals surface area (Å²) in [7, 11) is -3.55. The van der Waals surface area contributed by atoms with Gasteiger partial charge in [0.1, 0.15) is 0 Å². The Morgan fingerprint density at radius 3 is 2.61 bits per heavy atom. The molecule has 1 fully saturated rings. The first kappa shape index (κ1) is 15.1. The van der Waals surface area contributed by atoms with Crippen LogP contribution in [-0.2, 0) is 19.6 Å². The summed E-state index contributed by atoms with van der Waals surface area (Å²) in [5, 5.41) is 7.61. The van der Waals surface area contributed by atoms with Crippen LogP contribution < -0.4 is 10.5 Å². The van der Waals surface area contributed by atoms with Gasteiger partial charge in [-0.3, -0.25) is 14.5 Å². The van der Waals surface area contributed by atoms with Gasteiger partial charge in [-0.25, -0.2) is 13.6 Å². The minimum atomic E-state index is -3.55. The Balaban J connectivity index is 2.56. The zero-order chi connectivity index (χ0) is 13.9. The van der Waals surface area contributed by atoms with Gasteiger partial charge in [-0.05, 0) is 13.3 Å². The van der Waals surface area contributed by atoms with Gasteiger partial charge in [0.05, 0.1) is 18.2 Å². The quantitative estimate of drug-likeness (QED) is 0.592. The van der Waals surface area contributed by atoms with Crippen LogP contribution >= 0.6 is 0 Å². The van der Waals surface area contributed by atoms with Crippen LogP contribution in [-0.4, -0.2) is 49.5 Å². The SMILES string of the molecule is CCC(C)N1C(=O)CC(NCCS(N)(=O)=O)C1=O. The van der Waals surface area contributed by atoms with Crippen LogP contribution in [0.3, 0.4) is 0 Å². The molecule has 1 rings (SSSR count). The van der Waals surface area contributed by atoms with E-state index in [9.17, 15) is 18.0 Å². The number of primary sulfonamides is 1. The molecule has 0 aromatic rings. The van der Waals surface area contributed by atoms with Crippen molar-refractivity contribution in [2.75, 3.05) is 12.3 Å². The second-order valence-corrected chi connectivity index (χ2v) is 6.17. The van der Waals surface area contributed by atoms with Crippen molar-refractivity contribution >= 4 is 21.8 Å². The number of nitrogens with one attached hydrogen (secondary N) is 1. The van der Waals surface area contributed by atoms with Crippen molar-refractivity contribution < 1.29 is 18.0 Å². The lowest BCUT2D eigenvalue weighted by molar-refractivity contribution is -0.141. The second-order valence-electron chi connectivity index (χ2n) is 4.44. The number of imide groups is 1. The largest absolute Gasteiger partial charge is 0.304 e. The molecular formula is C10H19N3O4S. The van der Waals surface area contributed by atoms with Crippen molar-refractivity contribution in [1.82, 2.24) is 10.2 Å². The summed E-state index contributed by atoms with van der Waals surface area (Å²) in [6.45, 7) is 3.77. The fourth-order valence-corrected chi connectivity index (χ4v) is 2.23. The van der Waals surface area contributed by atoms with E-state index in [-0.39, 0.29) is 36.6 Å². The molecule has 18 heavy (non-hydrogen) atoms. The van der Waals surface area contributed by atoms with Crippen LogP contribution in [0.25, 0.3) is 0 Å². The number of carbonyl (C=O) groups is 2. The van der Waals surface area contributed by atoms with Crippen molar-refractivity contribution in [3.8, 4) is 0 Å². The van der Waals surface area contributed by atoms with Gasteiger partial charge in [-0.15, -0.1) is 0 Å². The number of nitrogens with two attached hydrogens (primary N) is 1. The predicted molar refractivity (Wildman–Crippen MR) is 66.0 cm³/mol. The molecule has 0 aromatic carbocycles. The molecule has 0 aliphatic carbocycles. The number of amides is 2. The van der Waals surface area contributed by atoms with Crippen LogP contribution in [0.15, 0.2) is 0 Å². The molecule has 3 N–H and O–H groups in total. The predicted octanol–water partition coefficient (Wildman–Crippen LogP) is -1.21. The van der Waals surface area contributed by atoms with Crippen molar-refractivity contribution in [1.29, 1.82) is 0 Å². The lowest BCUT2D eigenvalue weighted by Gasteiger charge is -2.21. The summed E-state index contributed by atoms with van der Waals surface area (Å²) >= 11 is 0. The standard InChI is InChI=1S/C10H19N3O4S/c1-3-7(2)13-9(14)6-8(10(13)15)12-4-5-18(11,16)17/h7-8,12H,3-6H2,1-2H3,(H2,11,16,17). The molecule has 2 amide bonds. The second kappa shape index (κ2) is 5.77. The van der Waals surface area contributed by atoms with Gasteiger partial charge in [0.15, 0.2) is 0 Å². The number of hydrogen-bond donors (Lipinski definition) is 2. The van der Waals surface area contributed by atoms with E-state index in [0.29, 0.717) is 6.42 Å². The number of hydrogen-bond acceptors (Lipinski definition) is 5. The Kier molecular flexibility index (Phi) is 4.83. The number of likely N-dealkylation sites (tertiary alicyclic amines) is 1. The number of nitrogens with zero attached hydrogens (tertiary/aromatic N) is 1. The Morgan fingerprint density at radius 2 is 2.11 bits per heavy atom. The molecule has 1 aliphatic heterocycles. The van der Waals surface area contributed by atoms with Gasteiger partial charge in [-0.2, -0.15) is 0 Å². The number of carbonyl (C=O) groups excluding carboxylic acids is 2. The van der Waals surface area contributed by atoms with E-state index in [0.717, 1.165) is 0 Å². The van der Waals surface area contributed by atoms with Crippen LogP contribution in [0.2, 0.25) is 0 Å². The third kappa shape index (κ3) is 3.76. The number of sulfonamides is 1. The molecule has 2 atom stereocenters. The zero-order valence-corrected chi connectivity index (χ0v) is 11.4. The molecule has 1 aliphatic rings. The van der Waals surface area contributed by atoms with Crippen molar-refractivity contribution in [2.24, 2.45) is 5.14 Å². The third-order valence-corrected chi connectivity index (χ3v) is 3.77. The fraction of sp³-hybridized carbons (Fsp3) is 0.800. The average molecular weight is 277 g/mol. The first-order valence-electron chi connectivity index (χ1n) is 5.86. The van der Waals surface area contributed by atoms with Crippen LogP contribution in [0, 0.1) is 0 Å². The Morgan fingerprint density at radius 1 is 1.50 bits per heavy atom. The lowest BCUT2D eigenvalue weighted by Crippen LogP contribution is -2.43. The van der Waals surface area contributed by atoms with E-state index in [4.69, 9.17) is 5.14 Å². The minimum absolute atomic E-state index is 0.0663. The molecule has 0 aromatic heterocycles. The fourth-order valence-electron chi connectivity index (χ4n) is 1.83. The van der Waals surface area contributed by atoms with Crippen molar-refractivity contribution in [3.63, 3.8) is 0 Å². The topological polar surface area (TPSA) is 110 Å². The molecule has 7 nitrogen and oxygen atoms in total. The van der Waals surface area contributed by atoms with Gasteiger partial charge < -0.3 is 5.32 Å². The molecule has 0 spiro atoms. The third-order valence-electron chi connectivity index (χ3n) is 2.99. The highest BCUT2D eigenvalue weighted by atomic mass is 32.2. The van der Waals surface area contributed by atoms with Crippen LogP contribution in [0.5, 0.6) is 0 Å². The lowest BCUT2D eigenvalue weighted by atomic mass is 10.2. The summed E-state index contributed by atoms with van der Waals surface area (Å²) in [5.74, 6) is -0.764. The van der Waals surface area contributed by atoms with E-state index in [1.54, 1.807) is 0 Å². The van der Waals surface area contributed by atoms with Gasteiger partial charge in [-0.1, -0.05) is 6.92 Å². The average Bonchev–Trinajstić information content (AvgIpc) is 2.52. The normalized spacial score (nSPS) is 22.6. The van der Waals surface area contributed by atoms with E-state index >= 15 is 0 Å². The summed E-state index contributed by atoms with van der Waals surface area (Å²) < 4.78 is 21.5. The zero-order valence-electron chi connectivity index (χ0n) is 10.5. The first-order chi connectivity index (χ1) is 8.26. The Bertz CT molecular complexity index is 434. The van der Waals surface area contributed by atoms with E-state index < -0.39 is 16.1 Å². The van der Waals surface area contributed by atoms with Crippen LogP contribution in [0.1, 0.15) is 26.7 Å². The van der Waals surface area contributed by atoms with Crippen LogP contribution in [0.4, 0.5) is 0 Å². The highest BCUT2D eigenvalue weighted by Gasteiger charge is 2.40. The molecule has 0 radical (unpaired) electrons. The van der Waals surface area contributed by atoms with Gasteiger partial charge in [0, 0.05) is 12.6 Å². The molecular weight excluding hydrogens is 258 g/mol. The summed E-state index contributed by atoms with van der Waals surface area (Å²) in [4.78, 5) is 24.9. The van der Waals surface area contributed by atoms with Gasteiger partial charge in [0.25, 0.3) is 0 Å². The van der Waals surface area contributed by atoms with E-state index in [1.807, 2.05) is 13.8 Å². The van der Waals surface area contributed by atoms with Crippen molar-refractivity contribution in [2.45, 2.75) is 38.8 Å². The first-order valence-corrected chi connectivity index (χ1v) is 7.57. The monoisotopic (exact) mass is 277 g/mol. The molecule has 8 heteroatoms. The molecule has 1 heterocycles. The molecule has 104 valence electrons. The maximum atomic E-state index is 11.9. The van der Waals surface area contributed by atoms with Crippen molar-refractivity contribution in [3.05, 3.63) is 0 Å². The smallest absolute Gasteiger partial charge is 0.247 e. The van der Waals surface area contributed by atoms with E-state index in [1.165, 1.54) is 4.90 Å². The Hall–Kier alpha value is -0.990. The number of rotatable bonds is 6. The summed E-state index contributed by atoms with van der Waals surface area (Å²) in [6, 6.07) is -0.761. The van der Waals surface area contributed by atoms with Gasteiger partial charge >= 0.3 is 0 Å². The summed E-state index contributed by atoms with van der Waals surface area (Å²) in [6.07, 6.45) is 0.773. The molecule has 1 saturated heterocycles. The molecule has 0 bridgehead atoms. The maximum absolute atomic E-state index is 11.9.